The lowest BCUT2D eigenvalue weighted by atomic mass is 10.2. The van der Waals surface area contributed by atoms with Gasteiger partial charge in [-0.15, -0.1) is 0 Å². The van der Waals surface area contributed by atoms with Gasteiger partial charge < -0.3 is 4.43 Å². The Hall–Kier alpha value is -1.38. The number of hydrogen-bond donors (Lipinski definition) is 0. The molecule has 0 fully saturated rings. The second-order valence-electron chi connectivity index (χ2n) is 8.77. The summed E-state index contributed by atoms with van der Waals surface area (Å²) in [6, 6.07) is 10.6. The molecular formula is C21H26Cl3N3O3SSi. The number of rotatable bonds is 6. The number of benzene rings is 2. The molecule has 0 radical (unpaired) electrons. The number of aliphatic imine (C=N–C) groups is 2. The third kappa shape index (κ3) is 5.75. The van der Waals surface area contributed by atoms with Crippen molar-refractivity contribution in [2.24, 2.45) is 9.98 Å². The molecule has 2 aromatic rings. The largest absolute Gasteiger partial charge is 0.541 e. The van der Waals surface area contributed by atoms with Gasteiger partial charge in [0, 0.05) is 14.1 Å². The van der Waals surface area contributed by atoms with Crippen molar-refractivity contribution >= 4 is 70.5 Å². The molecule has 0 bridgehead atoms. The Balaban J connectivity index is 2.75. The molecule has 0 N–H and O–H groups in total. The molecule has 6 nitrogen and oxygen atoms in total. The van der Waals surface area contributed by atoms with Gasteiger partial charge in [-0.3, -0.25) is 0 Å². The fourth-order valence-electron chi connectivity index (χ4n) is 2.26. The fourth-order valence-corrected chi connectivity index (χ4v) is 5.19. The third-order valence-corrected chi connectivity index (χ3v) is 12.7. The van der Waals surface area contributed by atoms with Crippen LogP contribution in [0.25, 0.3) is 0 Å². The minimum atomic E-state index is -3.93. The topological polar surface area (TPSA) is 71.3 Å². The summed E-state index contributed by atoms with van der Waals surface area (Å²) in [5, 5.41) is 0.461. The second-order valence-corrected chi connectivity index (χ2v) is 16.8. The average Bonchev–Trinajstić information content (AvgIpc) is 2.65. The minimum absolute atomic E-state index is 0.0428. The van der Waals surface area contributed by atoms with Crippen LogP contribution in [0.4, 0.5) is 11.4 Å². The number of halogens is 3. The zero-order valence-corrected chi connectivity index (χ0v) is 23.1. The van der Waals surface area contributed by atoms with Crippen LogP contribution in [-0.2, 0) is 10.0 Å². The molecule has 0 aliphatic carbocycles. The molecule has 11 heteroatoms. The zero-order chi connectivity index (χ0) is 24.5. The van der Waals surface area contributed by atoms with Crippen molar-refractivity contribution in [2.45, 2.75) is 43.8 Å². The first kappa shape index (κ1) is 26.9. The molecule has 0 aliphatic rings. The molecule has 0 unspecified atom stereocenters. The molecule has 0 atom stereocenters. The van der Waals surface area contributed by atoms with Crippen LogP contribution in [-0.4, -0.2) is 41.1 Å². The lowest BCUT2D eigenvalue weighted by Gasteiger charge is -2.37. The molecule has 0 saturated heterocycles. The normalized spacial score (nSPS) is 12.5. The van der Waals surface area contributed by atoms with Crippen LogP contribution in [0, 0.1) is 0 Å². The molecule has 174 valence electrons. The van der Waals surface area contributed by atoms with E-state index in [1.165, 1.54) is 20.2 Å². The van der Waals surface area contributed by atoms with E-state index in [1.54, 1.807) is 24.3 Å². The number of hydrogen-bond acceptors (Lipinski definition) is 5. The summed E-state index contributed by atoms with van der Waals surface area (Å²) >= 11 is 18.5. The van der Waals surface area contributed by atoms with Gasteiger partial charge in [-0.1, -0.05) is 61.6 Å². The average molecular weight is 535 g/mol. The molecule has 0 aromatic heterocycles. The van der Waals surface area contributed by atoms with Crippen LogP contribution >= 0.6 is 34.8 Å². The maximum absolute atomic E-state index is 13.1. The Labute approximate surface area is 206 Å². The highest BCUT2D eigenvalue weighted by Gasteiger charge is 2.41. The molecule has 0 spiro atoms. The van der Waals surface area contributed by atoms with Gasteiger partial charge in [-0.25, -0.2) is 12.7 Å². The maximum atomic E-state index is 13.1. The summed E-state index contributed by atoms with van der Waals surface area (Å²) in [5.74, 6) is 0.0812. The van der Waals surface area contributed by atoms with Crippen molar-refractivity contribution < 1.29 is 12.8 Å². The Kier molecular flexibility index (Phi) is 8.27. The third-order valence-electron chi connectivity index (χ3n) is 5.22. The first-order chi connectivity index (χ1) is 14.6. The van der Waals surface area contributed by atoms with Gasteiger partial charge >= 0.3 is 0 Å². The molecule has 0 saturated carbocycles. The Morgan fingerprint density at radius 3 is 2.12 bits per heavy atom. The van der Waals surface area contributed by atoms with Crippen LogP contribution < -0.4 is 4.43 Å². The van der Waals surface area contributed by atoms with E-state index in [1.807, 2.05) is 13.1 Å². The highest BCUT2D eigenvalue weighted by molar-refractivity contribution is 7.89. The highest BCUT2D eigenvalue weighted by atomic mass is 35.5. The summed E-state index contributed by atoms with van der Waals surface area (Å²) in [5.41, 5.74) is 0.617. The Bertz CT molecular complexity index is 1190. The van der Waals surface area contributed by atoms with Crippen molar-refractivity contribution in [3.63, 3.8) is 0 Å². The lowest BCUT2D eigenvalue weighted by molar-refractivity contribution is 0.473. The molecule has 2 rings (SSSR count). The highest BCUT2D eigenvalue weighted by Crippen LogP contribution is 2.45. The number of nitrogens with zero attached hydrogens (tertiary/aromatic N) is 3. The van der Waals surface area contributed by atoms with Crippen LogP contribution in [0.15, 0.2) is 45.2 Å². The van der Waals surface area contributed by atoms with Gasteiger partial charge in [-0.2, -0.15) is 9.98 Å². The van der Waals surface area contributed by atoms with Gasteiger partial charge in [0.1, 0.15) is 16.6 Å². The lowest BCUT2D eigenvalue weighted by Crippen LogP contribution is -2.44. The summed E-state index contributed by atoms with van der Waals surface area (Å²) in [4.78, 5) is 8.24. The Morgan fingerprint density at radius 1 is 0.969 bits per heavy atom. The monoisotopic (exact) mass is 533 g/mol. The molecule has 0 amide bonds. The van der Waals surface area contributed by atoms with Crippen molar-refractivity contribution in [1.29, 1.82) is 0 Å². The van der Waals surface area contributed by atoms with E-state index in [4.69, 9.17) is 39.2 Å². The quantitative estimate of drug-likeness (QED) is 0.286. The van der Waals surface area contributed by atoms with E-state index >= 15 is 0 Å². The predicted octanol–water partition coefficient (Wildman–Crippen LogP) is 7.42. The van der Waals surface area contributed by atoms with E-state index in [9.17, 15) is 8.42 Å². The van der Waals surface area contributed by atoms with E-state index in [0.29, 0.717) is 10.7 Å². The van der Waals surface area contributed by atoms with Gasteiger partial charge in [0.2, 0.25) is 10.0 Å². The SMILES string of the molecule is CN(C)S(=O)(=O)c1c(Cl)ccc(N=C=Nc2cccc(Cl)c2Cl)c1O[Si](C)(C)C(C)(C)C. The standard InChI is InChI=1S/C21H26Cl3N3O3SSi/c1-21(2,3)32(6,7)30-19-17(12-11-15(23)20(19)31(28,29)27(4)5)26-13-25-16-10-8-9-14(22)18(16)24/h8-12H,1-7H3. The maximum Gasteiger partial charge on any atom is 0.250 e. The van der Waals surface area contributed by atoms with Crippen LogP contribution in [0.3, 0.4) is 0 Å². The van der Waals surface area contributed by atoms with Crippen molar-refractivity contribution in [2.75, 3.05) is 14.1 Å². The van der Waals surface area contributed by atoms with E-state index in [0.717, 1.165) is 4.31 Å². The molecular weight excluding hydrogens is 509 g/mol. The van der Waals surface area contributed by atoms with Gasteiger partial charge in [0.25, 0.3) is 8.32 Å². The van der Waals surface area contributed by atoms with Gasteiger partial charge in [0.15, 0.2) is 5.75 Å². The first-order valence-corrected chi connectivity index (χ1v) is 15.1. The van der Waals surface area contributed by atoms with Crippen molar-refractivity contribution in [3.05, 3.63) is 45.4 Å². The van der Waals surface area contributed by atoms with E-state index in [2.05, 4.69) is 36.8 Å². The molecule has 2 aromatic carbocycles. The van der Waals surface area contributed by atoms with Gasteiger partial charge in [-0.05, 0) is 42.4 Å². The second kappa shape index (κ2) is 9.85. The molecule has 0 aliphatic heterocycles. The van der Waals surface area contributed by atoms with E-state index in [-0.39, 0.29) is 31.4 Å². The zero-order valence-electron chi connectivity index (χ0n) is 19.0. The van der Waals surface area contributed by atoms with Crippen LogP contribution in [0.2, 0.25) is 33.2 Å². The first-order valence-electron chi connectivity index (χ1n) is 9.64. The Morgan fingerprint density at radius 2 is 1.56 bits per heavy atom. The molecule has 0 heterocycles. The predicted molar refractivity (Wildman–Crippen MR) is 136 cm³/mol. The van der Waals surface area contributed by atoms with Crippen molar-refractivity contribution in [1.82, 2.24) is 4.31 Å². The van der Waals surface area contributed by atoms with Crippen LogP contribution in [0.1, 0.15) is 20.8 Å². The molecule has 32 heavy (non-hydrogen) atoms. The summed E-state index contributed by atoms with van der Waals surface area (Å²) < 4.78 is 33.7. The minimum Gasteiger partial charge on any atom is -0.541 e. The smallest absolute Gasteiger partial charge is 0.250 e. The summed E-state index contributed by atoms with van der Waals surface area (Å²) in [6.45, 7) is 10.2. The van der Waals surface area contributed by atoms with Gasteiger partial charge in [0.05, 0.1) is 20.8 Å². The van der Waals surface area contributed by atoms with Crippen molar-refractivity contribution in [3.8, 4) is 5.75 Å². The van der Waals surface area contributed by atoms with Crippen LogP contribution in [0.5, 0.6) is 5.75 Å². The summed E-state index contributed by atoms with van der Waals surface area (Å²) in [6.07, 6.45) is 0. The number of sulfonamides is 1. The van der Waals surface area contributed by atoms with E-state index < -0.39 is 18.3 Å². The fraction of sp³-hybridized carbons (Fsp3) is 0.381. The summed E-state index contributed by atoms with van der Waals surface area (Å²) in [7, 11) is -3.53.